The van der Waals surface area contributed by atoms with Crippen LogP contribution in [-0.4, -0.2) is 22.1 Å². The number of H-pyrrole nitrogens is 1. The van der Waals surface area contributed by atoms with Crippen LogP contribution in [0, 0.1) is 6.92 Å². The van der Waals surface area contributed by atoms with Crippen LogP contribution in [0.25, 0.3) is 11.0 Å². The first-order valence-electron chi connectivity index (χ1n) is 6.45. The molecular weight excluding hydrogens is 252 g/mol. The average Bonchev–Trinajstić information content (AvgIpc) is 2.93. The van der Waals surface area contributed by atoms with Crippen LogP contribution >= 0.6 is 0 Å². The molecule has 0 atom stereocenters. The molecule has 0 spiro atoms. The second-order valence-corrected chi connectivity index (χ2v) is 4.56. The summed E-state index contributed by atoms with van der Waals surface area (Å²) in [5.74, 6) is 2.44. The SMILES string of the molecule is COc1cccc(CNc2nc(C)nc3[nH]ccc23)c1. The molecule has 2 aromatic heterocycles. The van der Waals surface area contributed by atoms with Gasteiger partial charge in [-0.25, -0.2) is 9.97 Å². The first-order chi connectivity index (χ1) is 9.76. The number of anilines is 1. The third-order valence-electron chi connectivity index (χ3n) is 3.12. The fourth-order valence-corrected chi connectivity index (χ4v) is 2.16. The van der Waals surface area contributed by atoms with Gasteiger partial charge in [0.2, 0.25) is 0 Å². The van der Waals surface area contributed by atoms with Crippen molar-refractivity contribution < 1.29 is 4.74 Å². The van der Waals surface area contributed by atoms with Gasteiger partial charge in [-0.1, -0.05) is 12.1 Å². The molecule has 5 nitrogen and oxygen atoms in total. The number of fused-ring (bicyclic) bond motifs is 1. The number of benzene rings is 1. The van der Waals surface area contributed by atoms with E-state index < -0.39 is 0 Å². The topological polar surface area (TPSA) is 62.8 Å². The predicted octanol–water partition coefficient (Wildman–Crippen LogP) is 2.89. The van der Waals surface area contributed by atoms with Crippen LogP contribution in [0.4, 0.5) is 5.82 Å². The van der Waals surface area contributed by atoms with Crippen LogP contribution in [0.3, 0.4) is 0 Å². The minimum Gasteiger partial charge on any atom is -0.497 e. The Balaban J connectivity index is 1.84. The highest BCUT2D eigenvalue weighted by Crippen LogP contribution is 2.20. The summed E-state index contributed by atoms with van der Waals surface area (Å²) in [7, 11) is 1.67. The van der Waals surface area contributed by atoms with E-state index in [-0.39, 0.29) is 0 Å². The molecule has 1 aromatic carbocycles. The van der Waals surface area contributed by atoms with Gasteiger partial charge in [-0.3, -0.25) is 0 Å². The summed E-state index contributed by atoms with van der Waals surface area (Å²) in [6.07, 6.45) is 1.87. The van der Waals surface area contributed by atoms with Crippen LogP contribution in [0.15, 0.2) is 36.5 Å². The molecule has 102 valence electrons. The van der Waals surface area contributed by atoms with Crippen LogP contribution in [0.2, 0.25) is 0 Å². The van der Waals surface area contributed by atoms with Crippen molar-refractivity contribution in [2.45, 2.75) is 13.5 Å². The molecule has 3 aromatic rings. The zero-order valence-electron chi connectivity index (χ0n) is 11.5. The minimum absolute atomic E-state index is 0.688. The largest absolute Gasteiger partial charge is 0.497 e. The second kappa shape index (κ2) is 5.21. The molecular formula is C15H16N4O. The lowest BCUT2D eigenvalue weighted by Crippen LogP contribution is -2.04. The van der Waals surface area contributed by atoms with Crippen molar-refractivity contribution in [1.29, 1.82) is 0 Å². The lowest BCUT2D eigenvalue weighted by molar-refractivity contribution is 0.414. The van der Waals surface area contributed by atoms with Gasteiger partial charge in [0.1, 0.15) is 23.0 Å². The van der Waals surface area contributed by atoms with E-state index in [4.69, 9.17) is 4.74 Å². The van der Waals surface area contributed by atoms with Crippen molar-refractivity contribution in [3.63, 3.8) is 0 Å². The fourth-order valence-electron chi connectivity index (χ4n) is 2.16. The van der Waals surface area contributed by atoms with Gasteiger partial charge in [-0.05, 0) is 30.7 Å². The highest BCUT2D eigenvalue weighted by atomic mass is 16.5. The smallest absolute Gasteiger partial charge is 0.143 e. The quantitative estimate of drug-likeness (QED) is 0.763. The number of nitrogens with zero attached hydrogens (tertiary/aromatic N) is 2. The molecule has 5 heteroatoms. The third kappa shape index (κ3) is 2.42. The van der Waals surface area contributed by atoms with E-state index in [0.717, 1.165) is 34.0 Å². The molecule has 0 fully saturated rings. The molecule has 0 unspecified atom stereocenters. The van der Waals surface area contributed by atoms with Crippen LogP contribution in [0.5, 0.6) is 5.75 Å². The zero-order valence-corrected chi connectivity index (χ0v) is 11.5. The highest BCUT2D eigenvalue weighted by molar-refractivity contribution is 5.86. The normalized spacial score (nSPS) is 10.7. The van der Waals surface area contributed by atoms with Crippen molar-refractivity contribution >= 4 is 16.9 Å². The Morgan fingerprint density at radius 2 is 2.15 bits per heavy atom. The molecule has 20 heavy (non-hydrogen) atoms. The lowest BCUT2D eigenvalue weighted by atomic mass is 10.2. The number of methoxy groups -OCH3 is 1. The van der Waals surface area contributed by atoms with Gasteiger partial charge in [-0.2, -0.15) is 0 Å². The van der Waals surface area contributed by atoms with E-state index in [1.165, 1.54) is 0 Å². The van der Waals surface area contributed by atoms with E-state index >= 15 is 0 Å². The Bertz CT molecular complexity index is 736. The van der Waals surface area contributed by atoms with E-state index in [2.05, 4.69) is 26.3 Å². The van der Waals surface area contributed by atoms with E-state index in [0.29, 0.717) is 6.54 Å². The van der Waals surface area contributed by atoms with Crippen LogP contribution in [0.1, 0.15) is 11.4 Å². The summed E-state index contributed by atoms with van der Waals surface area (Å²) >= 11 is 0. The molecule has 2 N–H and O–H groups in total. The number of aromatic amines is 1. The van der Waals surface area contributed by atoms with Crippen molar-refractivity contribution in [3.8, 4) is 5.75 Å². The Kier molecular flexibility index (Phi) is 3.25. The highest BCUT2D eigenvalue weighted by Gasteiger charge is 2.06. The second-order valence-electron chi connectivity index (χ2n) is 4.56. The molecule has 3 rings (SSSR count). The standard InChI is InChI=1S/C15H16N4O/c1-10-18-14-13(6-7-16-14)15(19-10)17-9-11-4-3-5-12(8-11)20-2/h3-8H,9H2,1-2H3,(H2,16,17,18,19). The first-order valence-corrected chi connectivity index (χ1v) is 6.45. The number of aromatic nitrogens is 3. The minimum atomic E-state index is 0.688. The average molecular weight is 268 g/mol. The third-order valence-corrected chi connectivity index (χ3v) is 3.12. The number of hydrogen-bond acceptors (Lipinski definition) is 4. The van der Waals surface area contributed by atoms with Crippen molar-refractivity contribution in [1.82, 2.24) is 15.0 Å². The molecule has 0 saturated carbocycles. The summed E-state index contributed by atoms with van der Waals surface area (Å²) in [6.45, 7) is 2.57. The van der Waals surface area contributed by atoms with Gasteiger partial charge in [0.05, 0.1) is 12.5 Å². The van der Waals surface area contributed by atoms with Gasteiger partial charge in [0.25, 0.3) is 0 Å². The molecule has 0 bridgehead atoms. The maximum Gasteiger partial charge on any atom is 0.143 e. The zero-order chi connectivity index (χ0) is 13.9. The summed E-state index contributed by atoms with van der Waals surface area (Å²) in [6, 6.07) is 9.95. The van der Waals surface area contributed by atoms with E-state index in [1.807, 2.05) is 37.4 Å². The molecule has 0 aliphatic rings. The maximum absolute atomic E-state index is 5.23. The van der Waals surface area contributed by atoms with Gasteiger partial charge < -0.3 is 15.0 Å². The number of hydrogen-bond donors (Lipinski definition) is 2. The molecule has 0 aliphatic heterocycles. The Labute approximate surface area is 117 Å². The Morgan fingerprint density at radius 1 is 1.25 bits per heavy atom. The number of aryl methyl sites for hydroxylation is 1. The monoisotopic (exact) mass is 268 g/mol. The molecule has 2 heterocycles. The Hall–Kier alpha value is -2.56. The molecule has 0 saturated heterocycles. The number of nitrogens with one attached hydrogen (secondary N) is 2. The summed E-state index contributed by atoms with van der Waals surface area (Å²) in [5.41, 5.74) is 2.00. The van der Waals surface area contributed by atoms with Gasteiger partial charge >= 0.3 is 0 Å². The van der Waals surface area contributed by atoms with Crippen molar-refractivity contribution in [2.24, 2.45) is 0 Å². The summed E-state index contributed by atoms with van der Waals surface area (Å²) in [4.78, 5) is 11.9. The maximum atomic E-state index is 5.23. The lowest BCUT2D eigenvalue weighted by Gasteiger charge is -2.08. The molecule has 0 aliphatic carbocycles. The van der Waals surface area contributed by atoms with Gasteiger partial charge in [0, 0.05) is 12.7 Å². The number of rotatable bonds is 4. The summed E-state index contributed by atoms with van der Waals surface area (Å²) < 4.78 is 5.23. The van der Waals surface area contributed by atoms with Crippen LogP contribution in [-0.2, 0) is 6.54 Å². The van der Waals surface area contributed by atoms with Crippen molar-refractivity contribution in [2.75, 3.05) is 12.4 Å². The van der Waals surface area contributed by atoms with E-state index in [9.17, 15) is 0 Å². The fraction of sp³-hybridized carbons (Fsp3) is 0.200. The van der Waals surface area contributed by atoms with Crippen LogP contribution < -0.4 is 10.1 Å². The van der Waals surface area contributed by atoms with Gasteiger partial charge in [-0.15, -0.1) is 0 Å². The van der Waals surface area contributed by atoms with E-state index in [1.54, 1.807) is 7.11 Å². The van der Waals surface area contributed by atoms with Gasteiger partial charge in [0.15, 0.2) is 0 Å². The Morgan fingerprint density at radius 3 is 3.00 bits per heavy atom. The number of ether oxygens (including phenoxy) is 1. The molecule has 0 radical (unpaired) electrons. The first kappa shape index (κ1) is 12.5. The molecule has 0 amide bonds. The van der Waals surface area contributed by atoms with Crippen molar-refractivity contribution in [3.05, 3.63) is 47.9 Å². The predicted molar refractivity (Wildman–Crippen MR) is 78.9 cm³/mol. The summed E-state index contributed by atoms with van der Waals surface area (Å²) in [5, 5.41) is 4.35.